The van der Waals surface area contributed by atoms with E-state index < -0.39 is 0 Å². The number of aromatic nitrogens is 1. The molecule has 0 saturated heterocycles. The molecule has 5 rings (SSSR count). The van der Waals surface area contributed by atoms with Crippen LogP contribution in [0.25, 0.3) is 22.0 Å². The fourth-order valence-electron chi connectivity index (χ4n) is 4.46. The molecule has 4 aromatic rings. The van der Waals surface area contributed by atoms with E-state index in [1.54, 1.807) is 18.2 Å². The molecule has 3 aromatic carbocycles. The summed E-state index contributed by atoms with van der Waals surface area (Å²) in [5.41, 5.74) is 6.75. The van der Waals surface area contributed by atoms with Crippen LogP contribution in [0.2, 0.25) is 0 Å². The molecule has 1 aromatic heterocycles. The van der Waals surface area contributed by atoms with Crippen molar-refractivity contribution < 1.29 is 9.82 Å². The molecular weight excluding hydrogens is 374 g/mol. The molecule has 1 aliphatic rings. The first-order chi connectivity index (χ1) is 14.7. The van der Waals surface area contributed by atoms with Gasteiger partial charge in [-0.3, -0.25) is 15.1 Å². The number of hydrogen-bond acceptors (Lipinski definition) is 3. The summed E-state index contributed by atoms with van der Waals surface area (Å²) in [5, 5.41) is 12.3. The normalized spacial score (nSPS) is 15.7. The average Bonchev–Trinajstić information content (AvgIpc) is 2.78. The molecule has 0 amide bonds. The summed E-state index contributed by atoms with van der Waals surface area (Å²) in [4.78, 5) is 17.5. The highest BCUT2D eigenvalue weighted by Crippen LogP contribution is 2.35. The van der Waals surface area contributed by atoms with Crippen molar-refractivity contribution in [3.63, 3.8) is 0 Å². The second-order valence-corrected chi connectivity index (χ2v) is 7.83. The van der Waals surface area contributed by atoms with Crippen molar-refractivity contribution in [3.05, 3.63) is 106 Å². The number of nitro groups is 1. The van der Waals surface area contributed by atoms with E-state index in [-0.39, 0.29) is 10.6 Å². The summed E-state index contributed by atoms with van der Waals surface area (Å²) in [5.74, 6) is 0. The molecule has 0 bridgehead atoms. The lowest BCUT2D eigenvalue weighted by Crippen LogP contribution is -3.10. The van der Waals surface area contributed by atoms with Crippen molar-refractivity contribution in [2.24, 2.45) is 0 Å². The minimum atomic E-state index is -0.333. The lowest BCUT2D eigenvalue weighted by Gasteiger charge is -2.28. The van der Waals surface area contributed by atoms with Crippen LogP contribution in [0.4, 0.5) is 5.69 Å². The van der Waals surface area contributed by atoms with Crippen molar-refractivity contribution in [3.8, 4) is 11.1 Å². The zero-order chi connectivity index (χ0) is 20.5. The van der Waals surface area contributed by atoms with Gasteiger partial charge in [0.2, 0.25) is 0 Å². The highest BCUT2D eigenvalue weighted by atomic mass is 16.6. The molecular formula is C25H22N3O2+. The molecule has 0 aliphatic carbocycles. The molecule has 1 unspecified atom stereocenters. The summed E-state index contributed by atoms with van der Waals surface area (Å²) in [6.45, 7) is 2.85. The first-order valence-electron chi connectivity index (χ1n) is 10.2. The molecule has 1 atom stereocenters. The number of pyridine rings is 1. The topological polar surface area (TPSA) is 60.5 Å². The van der Waals surface area contributed by atoms with Gasteiger partial charge in [-0.1, -0.05) is 60.7 Å². The Hall–Kier alpha value is -3.57. The number of benzene rings is 3. The number of nitro benzene ring substituents is 1. The van der Waals surface area contributed by atoms with Crippen LogP contribution in [0.3, 0.4) is 0 Å². The van der Waals surface area contributed by atoms with Gasteiger partial charge >= 0.3 is 0 Å². The maximum absolute atomic E-state index is 11.4. The fourth-order valence-corrected chi connectivity index (χ4v) is 4.46. The van der Waals surface area contributed by atoms with E-state index in [0.717, 1.165) is 53.8 Å². The number of nitrogens with zero attached hydrogens (tertiary/aromatic N) is 2. The summed E-state index contributed by atoms with van der Waals surface area (Å²) in [7, 11) is 0. The molecule has 0 radical (unpaired) electrons. The van der Waals surface area contributed by atoms with Gasteiger partial charge in [0.05, 0.1) is 22.7 Å². The van der Waals surface area contributed by atoms with E-state index in [2.05, 4.69) is 36.4 Å². The molecule has 0 saturated carbocycles. The molecule has 5 heteroatoms. The highest BCUT2D eigenvalue weighted by Gasteiger charge is 2.26. The van der Waals surface area contributed by atoms with Crippen LogP contribution in [0, 0.1) is 10.1 Å². The van der Waals surface area contributed by atoms with Gasteiger partial charge in [0.1, 0.15) is 13.1 Å². The molecule has 0 fully saturated rings. The third-order valence-electron chi connectivity index (χ3n) is 5.87. The monoisotopic (exact) mass is 396 g/mol. The fraction of sp³-hybridized carbons (Fsp3) is 0.160. The van der Waals surface area contributed by atoms with Gasteiger partial charge in [-0.2, -0.15) is 0 Å². The van der Waals surface area contributed by atoms with E-state index in [0.29, 0.717) is 0 Å². The van der Waals surface area contributed by atoms with Crippen molar-refractivity contribution in [2.75, 3.05) is 6.54 Å². The lowest BCUT2D eigenvalue weighted by atomic mass is 9.91. The van der Waals surface area contributed by atoms with Crippen molar-refractivity contribution >= 4 is 16.6 Å². The molecule has 0 spiro atoms. The molecule has 5 nitrogen and oxygen atoms in total. The molecule has 2 heterocycles. The zero-order valence-corrected chi connectivity index (χ0v) is 16.5. The van der Waals surface area contributed by atoms with Crippen LogP contribution in [-0.4, -0.2) is 16.5 Å². The predicted octanol–water partition coefficient (Wildman–Crippen LogP) is 3.95. The maximum Gasteiger partial charge on any atom is 0.270 e. The number of quaternary nitrogens is 1. The van der Waals surface area contributed by atoms with Gasteiger partial charge in [0.15, 0.2) is 0 Å². The maximum atomic E-state index is 11.4. The van der Waals surface area contributed by atoms with Crippen LogP contribution in [0.1, 0.15) is 16.8 Å². The first kappa shape index (κ1) is 18.5. The van der Waals surface area contributed by atoms with E-state index in [9.17, 15) is 10.1 Å². The Kier molecular flexibility index (Phi) is 4.73. The second-order valence-electron chi connectivity index (χ2n) is 7.83. The number of rotatable bonds is 4. The van der Waals surface area contributed by atoms with Gasteiger partial charge in [0.25, 0.3) is 5.69 Å². The Morgan fingerprint density at radius 2 is 1.70 bits per heavy atom. The summed E-state index contributed by atoms with van der Waals surface area (Å²) in [6, 6.07) is 25.7. The summed E-state index contributed by atoms with van der Waals surface area (Å²) >= 11 is 0. The van der Waals surface area contributed by atoms with Crippen LogP contribution in [0.5, 0.6) is 0 Å². The molecule has 1 N–H and O–H groups in total. The number of nitrogens with one attached hydrogen (secondary N) is 1. The Balaban J connectivity index is 1.66. The minimum absolute atomic E-state index is 0.103. The van der Waals surface area contributed by atoms with Gasteiger partial charge in [0, 0.05) is 40.6 Å². The average molecular weight is 396 g/mol. The highest BCUT2D eigenvalue weighted by molar-refractivity contribution is 5.97. The molecule has 1 aliphatic heterocycles. The Labute approximate surface area is 174 Å². The van der Waals surface area contributed by atoms with Crippen LogP contribution < -0.4 is 4.90 Å². The zero-order valence-electron chi connectivity index (χ0n) is 16.5. The Morgan fingerprint density at radius 3 is 2.43 bits per heavy atom. The third kappa shape index (κ3) is 3.44. The van der Waals surface area contributed by atoms with Gasteiger partial charge in [-0.05, 0) is 11.6 Å². The SMILES string of the molecule is O=[N+]([O-])c1ccc2nc3c(c(-c4ccccc4)c2c1)C[NH+](Cc1ccccc1)CC3. The number of hydrogen-bond donors (Lipinski definition) is 1. The van der Waals surface area contributed by atoms with Crippen molar-refractivity contribution in [2.45, 2.75) is 19.5 Å². The largest absolute Gasteiger partial charge is 0.327 e. The van der Waals surface area contributed by atoms with E-state index >= 15 is 0 Å². The van der Waals surface area contributed by atoms with Gasteiger partial charge in [-0.25, -0.2) is 0 Å². The minimum Gasteiger partial charge on any atom is -0.327 e. The van der Waals surface area contributed by atoms with Crippen molar-refractivity contribution in [1.29, 1.82) is 0 Å². The first-order valence-corrected chi connectivity index (χ1v) is 10.2. The van der Waals surface area contributed by atoms with Crippen molar-refractivity contribution in [1.82, 2.24) is 4.98 Å². The smallest absolute Gasteiger partial charge is 0.270 e. The quantitative estimate of drug-likeness (QED) is 0.420. The van der Waals surface area contributed by atoms with E-state index in [1.165, 1.54) is 16.0 Å². The summed E-state index contributed by atoms with van der Waals surface area (Å²) in [6.07, 6.45) is 0.907. The number of fused-ring (bicyclic) bond motifs is 2. The Bertz CT molecular complexity index is 1220. The summed E-state index contributed by atoms with van der Waals surface area (Å²) < 4.78 is 0. The standard InChI is InChI=1S/C25H21N3O2/c29-28(30)20-11-12-23-21(15-20)25(19-9-5-2-6-10-19)22-17-27(14-13-24(22)26-23)16-18-7-3-1-4-8-18/h1-12,15H,13-14,16-17H2/p+1. The van der Waals surface area contributed by atoms with Crippen LogP contribution in [-0.2, 0) is 19.5 Å². The molecule has 148 valence electrons. The predicted molar refractivity (Wildman–Crippen MR) is 117 cm³/mol. The van der Waals surface area contributed by atoms with Gasteiger partial charge in [-0.15, -0.1) is 0 Å². The third-order valence-corrected chi connectivity index (χ3v) is 5.87. The molecule has 30 heavy (non-hydrogen) atoms. The lowest BCUT2D eigenvalue weighted by molar-refractivity contribution is -0.929. The second kappa shape index (κ2) is 7.69. The van der Waals surface area contributed by atoms with Crippen LogP contribution >= 0.6 is 0 Å². The van der Waals surface area contributed by atoms with Gasteiger partial charge < -0.3 is 4.90 Å². The van der Waals surface area contributed by atoms with E-state index in [4.69, 9.17) is 4.98 Å². The van der Waals surface area contributed by atoms with E-state index in [1.807, 2.05) is 24.3 Å². The Morgan fingerprint density at radius 1 is 0.967 bits per heavy atom. The van der Waals surface area contributed by atoms with Crippen LogP contribution in [0.15, 0.2) is 78.9 Å². The number of non-ortho nitro benzene ring substituents is 1.